The molecule has 1 amide bonds. The predicted molar refractivity (Wildman–Crippen MR) is 113 cm³/mol. The van der Waals surface area contributed by atoms with Gasteiger partial charge in [-0.3, -0.25) is 9.69 Å². The highest BCUT2D eigenvalue weighted by Gasteiger charge is 2.25. The molecule has 2 aromatic heterocycles. The molecule has 0 radical (unpaired) electrons. The average Bonchev–Trinajstić information content (AvgIpc) is 3.44. The van der Waals surface area contributed by atoms with Crippen LogP contribution >= 0.6 is 0 Å². The van der Waals surface area contributed by atoms with Gasteiger partial charge in [-0.2, -0.15) is 0 Å². The van der Waals surface area contributed by atoms with Crippen LogP contribution in [0.3, 0.4) is 0 Å². The summed E-state index contributed by atoms with van der Waals surface area (Å²) in [5.74, 6) is 1.26. The Labute approximate surface area is 174 Å². The molecule has 152 valence electrons. The molecule has 7 heteroatoms. The van der Waals surface area contributed by atoms with Crippen LogP contribution < -0.4 is 0 Å². The van der Waals surface area contributed by atoms with Crippen molar-refractivity contribution in [1.82, 2.24) is 24.5 Å². The molecule has 1 aliphatic heterocycles. The molecular formula is C23H23N5O2. The van der Waals surface area contributed by atoms with Crippen molar-refractivity contribution in [1.29, 1.82) is 0 Å². The van der Waals surface area contributed by atoms with Crippen molar-refractivity contribution in [2.45, 2.75) is 13.1 Å². The lowest BCUT2D eigenvalue weighted by Crippen LogP contribution is -2.48. The summed E-state index contributed by atoms with van der Waals surface area (Å²) in [5, 5.41) is 3.63. The largest absolute Gasteiger partial charge is 0.351 e. The third kappa shape index (κ3) is 3.71. The van der Waals surface area contributed by atoms with Crippen LogP contribution in [-0.4, -0.2) is 56.6 Å². The number of hydrogen-bond donors (Lipinski definition) is 0. The molecule has 1 saturated heterocycles. The van der Waals surface area contributed by atoms with Gasteiger partial charge in [-0.05, 0) is 17.7 Å². The van der Waals surface area contributed by atoms with Gasteiger partial charge in [-0.15, -0.1) is 0 Å². The second kappa shape index (κ2) is 8.12. The van der Waals surface area contributed by atoms with Crippen LogP contribution in [0.4, 0.5) is 0 Å². The molecule has 2 aromatic carbocycles. The number of carbonyl (C=O) groups is 1. The Morgan fingerprint density at radius 2 is 1.67 bits per heavy atom. The molecule has 30 heavy (non-hydrogen) atoms. The lowest BCUT2D eigenvalue weighted by Gasteiger charge is -2.34. The Morgan fingerprint density at radius 3 is 2.43 bits per heavy atom. The first-order valence-electron chi connectivity index (χ1n) is 10.2. The second-order valence-corrected chi connectivity index (χ2v) is 7.53. The van der Waals surface area contributed by atoms with E-state index in [1.807, 2.05) is 17.0 Å². The Bertz CT molecular complexity index is 1130. The third-order valence-corrected chi connectivity index (χ3v) is 5.59. The van der Waals surface area contributed by atoms with Crippen LogP contribution in [0.2, 0.25) is 0 Å². The van der Waals surface area contributed by atoms with Crippen molar-refractivity contribution in [3.05, 3.63) is 84.0 Å². The van der Waals surface area contributed by atoms with E-state index in [9.17, 15) is 4.79 Å². The maximum absolute atomic E-state index is 12.5. The monoisotopic (exact) mass is 401 g/mol. The fraction of sp³-hybridized carbons (Fsp3) is 0.261. The molecular weight excluding hydrogens is 378 g/mol. The van der Waals surface area contributed by atoms with Gasteiger partial charge in [0.2, 0.25) is 5.76 Å². The number of carbonyl (C=O) groups excluding carboxylic acids is 1. The molecule has 0 unspecified atom stereocenters. The van der Waals surface area contributed by atoms with Gasteiger partial charge >= 0.3 is 0 Å². The van der Waals surface area contributed by atoms with Crippen molar-refractivity contribution >= 4 is 16.9 Å². The molecule has 0 N–H and O–H groups in total. The normalized spacial score (nSPS) is 15.0. The highest BCUT2D eigenvalue weighted by Crippen LogP contribution is 2.20. The molecule has 7 nitrogen and oxygen atoms in total. The summed E-state index contributed by atoms with van der Waals surface area (Å²) < 4.78 is 7.31. The fourth-order valence-corrected chi connectivity index (χ4v) is 3.98. The van der Waals surface area contributed by atoms with Crippen LogP contribution in [0.5, 0.6) is 0 Å². The molecule has 0 spiro atoms. The van der Waals surface area contributed by atoms with Gasteiger partial charge in [0, 0.05) is 38.8 Å². The Kier molecular flexibility index (Phi) is 5.03. The SMILES string of the molecule is O=C(c1ccno1)N1CCN(Cc2nc3ccccc3n2Cc2ccccc2)CC1. The van der Waals surface area contributed by atoms with Crippen molar-refractivity contribution in [3.8, 4) is 0 Å². The highest BCUT2D eigenvalue weighted by atomic mass is 16.5. The number of hydrogen-bond acceptors (Lipinski definition) is 5. The third-order valence-electron chi connectivity index (χ3n) is 5.59. The van der Waals surface area contributed by atoms with Gasteiger partial charge in [-0.25, -0.2) is 4.98 Å². The predicted octanol–water partition coefficient (Wildman–Crippen LogP) is 3.03. The van der Waals surface area contributed by atoms with Crippen molar-refractivity contribution in [2.75, 3.05) is 26.2 Å². The topological polar surface area (TPSA) is 67.4 Å². The molecule has 1 aliphatic rings. The maximum atomic E-state index is 12.5. The Balaban J connectivity index is 1.32. The maximum Gasteiger partial charge on any atom is 0.292 e. The summed E-state index contributed by atoms with van der Waals surface area (Å²) in [4.78, 5) is 21.6. The summed E-state index contributed by atoms with van der Waals surface area (Å²) in [6, 6.07) is 20.4. The van der Waals surface area contributed by atoms with Crippen LogP contribution in [0, 0.1) is 0 Å². The Hall–Kier alpha value is -3.45. The zero-order valence-electron chi connectivity index (χ0n) is 16.6. The Morgan fingerprint density at radius 1 is 0.900 bits per heavy atom. The zero-order chi connectivity index (χ0) is 20.3. The molecule has 0 aliphatic carbocycles. The number of aromatic nitrogens is 3. The number of nitrogens with zero attached hydrogens (tertiary/aromatic N) is 5. The second-order valence-electron chi connectivity index (χ2n) is 7.53. The summed E-state index contributed by atoms with van der Waals surface area (Å²) in [7, 11) is 0. The minimum atomic E-state index is -0.0940. The summed E-state index contributed by atoms with van der Waals surface area (Å²) in [5.41, 5.74) is 3.42. The minimum absolute atomic E-state index is 0.0940. The number of amides is 1. The first-order chi connectivity index (χ1) is 14.8. The van der Waals surface area contributed by atoms with Gasteiger partial charge in [0.05, 0.1) is 23.8 Å². The van der Waals surface area contributed by atoms with Gasteiger partial charge in [-0.1, -0.05) is 47.6 Å². The molecule has 3 heterocycles. The lowest BCUT2D eigenvalue weighted by molar-refractivity contribution is 0.0585. The van der Waals surface area contributed by atoms with Crippen LogP contribution in [0.25, 0.3) is 11.0 Å². The number of fused-ring (bicyclic) bond motifs is 1. The van der Waals surface area contributed by atoms with Crippen molar-refractivity contribution in [2.24, 2.45) is 0 Å². The van der Waals surface area contributed by atoms with E-state index >= 15 is 0 Å². The average molecular weight is 401 g/mol. The zero-order valence-corrected chi connectivity index (χ0v) is 16.6. The quantitative estimate of drug-likeness (QED) is 0.514. The lowest BCUT2D eigenvalue weighted by atomic mass is 10.2. The fourth-order valence-electron chi connectivity index (χ4n) is 3.98. The standard InChI is InChI=1S/C23H23N5O2/c29-23(21-10-11-24-30-21)27-14-12-26(13-15-27)17-22-25-19-8-4-5-9-20(19)28(22)16-18-6-2-1-3-7-18/h1-11H,12-17H2. The van der Waals surface area contributed by atoms with Crippen molar-refractivity contribution < 1.29 is 9.32 Å². The summed E-state index contributed by atoms with van der Waals surface area (Å²) in [6.45, 7) is 4.48. The highest BCUT2D eigenvalue weighted by molar-refractivity contribution is 5.91. The van der Waals surface area contributed by atoms with Gasteiger partial charge in [0.1, 0.15) is 5.82 Å². The first kappa shape index (κ1) is 18.6. The van der Waals surface area contributed by atoms with Crippen LogP contribution in [0.1, 0.15) is 21.9 Å². The molecule has 5 rings (SSSR count). The van der Waals surface area contributed by atoms with E-state index in [1.165, 1.54) is 11.8 Å². The number of piperazine rings is 1. The van der Waals surface area contributed by atoms with E-state index in [0.717, 1.165) is 43.0 Å². The van der Waals surface area contributed by atoms with Crippen LogP contribution in [0.15, 0.2) is 71.4 Å². The number of benzene rings is 2. The summed E-state index contributed by atoms with van der Waals surface area (Å²) >= 11 is 0. The molecule has 4 aromatic rings. The van der Waals surface area contributed by atoms with Gasteiger partial charge in [0.25, 0.3) is 5.91 Å². The van der Waals surface area contributed by atoms with Crippen LogP contribution in [-0.2, 0) is 13.1 Å². The number of imidazole rings is 1. The minimum Gasteiger partial charge on any atom is -0.351 e. The van der Waals surface area contributed by atoms with E-state index in [1.54, 1.807) is 6.07 Å². The van der Waals surface area contributed by atoms with Gasteiger partial charge < -0.3 is 14.0 Å². The van der Waals surface area contributed by atoms with Gasteiger partial charge in [0.15, 0.2) is 0 Å². The van der Waals surface area contributed by atoms with E-state index < -0.39 is 0 Å². The van der Waals surface area contributed by atoms with E-state index in [2.05, 4.69) is 57.1 Å². The molecule has 0 saturated carbocycles. The van der Waals surface area contributed by atoms with E-state index in [4.69, 9.17) is 9.51 Å². The molecule has 0 atom stereocenters. The number of rotatable bonds is 5. The van der Waals surface area contributed by atoms with E-state index in [0.29, 0.717) is 18.8 Å². The smallest absolute Gasteiger partial charge is 0.292 e. The molecule has 1 fully saturated rings. The number of para-hydroxylation sites is 2. The molecule has 0 bridgehead atoms. The first-order valence-corrected chi connectivity index (χ1v) is 10.2. The van der Waals surface area contributed by atoms with E-state index in [-0.39, 0.29) is 5.91 Å². The summed E-state index contributed by atoms with van der Waals surface area (Å²) in [6.07, 6.45) is 1.50. The van der Waals surface area contributed by atoms with Crippen molar-refractivity contribution in [3.63, 3.8) is 0 Å².